The number of hydrogen-bond acceptors (Lipinski definition) is 8. The average Bonchev–Trinajstić information content (AvgIpc) is 3.49. The molecule has 33 heavy (non-hydrogen) atoms. The molecule has 0 unspecified atom stereocenters. The highest BCUT2D eigenvalue weighted by Gasteiger charge is 2.18. The Bertz CT molecular complexity index is 1090. The van der Waals surface area contributed by atoms with Gasteiger partial charge in [-0.1, -0.05) is 0 Å². The maximum absolute atomic E-state index is 6.32. The van der Waals surface area contributed by atoms with Gasteiger partial charge in [0.05, 0.1) is 30.4 Å². The molecule has 5 rings (SSSR count). The standard InChI is InChI=1S/C25H34N6O2/c1-17-28-19(15-27-18-7-9-26-10-8-18)13-24(29-17)30-22-5-6-23(32-2)21-14-20(33-25(21)22)16-31-11-3-4-12-31/h5-6,13-14,18,26-27H,3-4,7-12,15-16H2,1-2H3,(H,28,29,30). The van der Waals surface area contributed by atoms with E-state index in [2.05, 4.69) is 36.9 Å². The smallest absolute Gasteiger partial charge is 0.161 e. The van der Waals surface area contributed by atoms with Gasteiger partial charge in [-0.25, -0.2) is 9.97 Å². The summed E-state index contributed by atoms with van der Waals surface area (Å²) in [5, 5.41) is 11.5. The quantitative estimate of drug-likeness (QED) is 0.479. The van der Waals surface area contributed by atoms with Crippen LogP contribution in [0.5, 0.6) is 5.75 Å². The second-order valence-electron chi connectivity index (χ2n) is 9.08. The summed E-state index contributed by atoms with van der Waals surface area (Å²) in [5.74, 6) is 3.30. The van der Waals surface area contributed by atoms with E-state index in [4.69, 9.17) is 9.15 Å². The van der Waals surface area contributed by atoms with Crippen LogP contribution >= 0.6 is 0 Å². The third kappa shape index (κ3) is 5.29. The molecular weight excluding hydrogens is 416 g/mol. The van der Waals surface area contributed by atoms with Gasteiger partial charge in [0.2, 0.25) is 0 Å². The summed E-state index contributed by atoms with van der Waals surface area (Å²) in [7, 11) is 1.70. The number of hydrogen-bond donors (Lipinski definition) is 3. The third-order valence-electron chi connectivity index (χ3n) is 6.56. The van der Waals surface area contributed by atoms with Crippen LogP contribution < -0.4 is 20.7 Å². The van der Waals surface area contributed by atoms with Crippen LogP contribution in [0.4, 0.5) is 11.5 Å². The number of anilines is 2. The van der Waals surface area contributed by atoms with Gasteiger partial charge in [0, 0.05) is 18.7 Å². The van der Waals surface area contributed by atoms with Crippen LogP contribution in [0.15, 0.2) is 28.7 Å². The summed E-state index contributed by atoms with van der Waals surface area (Å²) in [6, 6.07) is 8.64. The van der Waals surface area contributed by atoms with Crippen molar-refractivity contribution < 1.29 is 9.15 Å². The first-order chi connectivity index (χ1) is 16.2. The van der Waals surface area contributed by atoms with Gasteiger partial charge < -0.3 is 25.1 Å². The van der Waals surface area contributed by atoms with Gasteiger partial charge in [0.1, 0.15) is 23.2 Å². The van der Waals surface area contributed by atoms with Gasteiger partial charge in [-0.3, -0.25) is 4.90 Å². The molecule has 2 aliphatic rings. The number of rotatable bonds is 8. The fraction of sp³-hybridized carbons (Fsp3) is 0.520. The summed E-state index contributed by atoms with van der Waals surface area (Å²) in [4.78, 5) is 11.7. The second kappa shape index (κ2) is 10.1. The molecule has 0 amide bonds. The van der Waals surface area contributed by atoms with E-state index < -0.39 is 0 Å². The van der Waals surface area contributed by atoms with E-state index in [1.165, 1.54) is 12.8 Å². The van der Waals surface area contributed by atoms with Crippen molar-refractivity contribution in [2.24, 2.45) is 0 Å². The monoisotopic (exact) mass is 450 g/mol. The first kappa shape index (κ1) is 22.1. The highest BCUT2D eigenvalue weighted by atomic mass is 16.5. The molecule has 8 nitrogen and oxygen atoms in total. The molecule has 0 aliphatic carbocycles. The van der Waals surface area contributed by atoms with Crippen molar-refractivity contribution >= 4 is 22.5 Å². The number of benzene rings is 1. The van der Waals surface area contributed by atoms with E-state index in [0.29, 0.717) is 6.04 Å². The Hall–Kier alpha value is -2.68. The largest absolute Gasteiger partial charge is 0.496 e. The molecule has 0 saturated carbocycles. The lowest BCUT2D eigenvalue weighted by Crippen LogP contribution is -2.39. The molecule has 2 aromatic heterocycles. The Balaban J connectivity index is 1.36. The highest BCUT2D eigenvalue weighted by Crippen LogP contribution is 2.36. The summed E-state index contributed by atoms with van der Waals surface area (Å²) in [5.41, 5.74) is 2.67. The molecule has 0 radical (unpaired) electrons. The van der Waals surface area contributed by atoms with Gasteiger partial charge in [0.15, 0.2) is 5.58 Å². The minimum atomic E-state index is 0.538. The maximum atomic E-state index is 6.32. The zero-order chi connectivity index (χ0) is 22.6. The average molecular weight is 451 g/mol. The van der Waals surface area contributed by atoms with Crippen LogP contribution in [0.25, 0.3) is 11.0 Å². The molecule has 1 aromatic carbocycles. The molecule has 3 aromatic rings. The Morgan fingerprint density at radius 3 is 2.76 bits per heavy atom. The molecule has 176 valence electrons. The Labute approximate surface area is 195 Å². The van der Waals surface area contributed by atoms with Crippen molar-refractivity contribution in [1.29, 1.82) is 0 Å². The van der Waals surface area contributed by atoms with Gasteiger partial charge >= 0.3 is 0 Å². The van der Waals surface area contributed by atoms with E-state index in [9.17, 15) is 0 Å². The van der Waals surface area contributed by atoms with Gasteiger partial charge in [-0.15, -0.1) is 0 Å². The normalized spacial score (nSPS) is 17.6. The molecular formula is C25H34N6O2. The number of piperidine rings is 1. The lowest BCUT2D eigenvalue weighted by atomic mass is 10.1. The van der Waals surface area contributed by atoms with Gasteiger partial charge in [0.25, 0.3) is 0 Å². The Morgan fingerprint density at radius 1 is 1.15 bits per heavy atom. The number of furan rings is 1. The fourth-order valence-electron chi connectivity index (χ4n) is 4.86. The summed E-state index contributed by atoms with van der Waals surface area (Å²) >= 11 is 0. The van der Waals surface area contributed by atoms with Crippen molar-refractivity contribution in [2.45, 2.75) is 51.7 Å². The maximum Gasteiger partial charge on any atom is 0.161 e. The van der Waals surface area contributed by atoms with Crippen molar-refractivity contribution in [1.82, 2.24) is 25.5 Å². The SMILES string of the molecule is COc1ccc(Nc2cc(CNC3CCNCC3)nc(C)n2)c2oc(CN3CCCC3)cc12. The predicted octanol–water partition coefficient (Wildman–Crippen LogP) is 3.72. The summed E-state index contributed by atoms with van der Waals surface area (Å²) < 4.78 is 11.9. The van der Waals surface area contributed by atoms with Crippen LogP contribution in [-0.2, 0) is 13.1 Å². The number of nitrogens with one attached hydrogen (secondary N) is 3. The molecule has 0 spiro atoms. The summed E-state index contributed by atoms with van der Waals surface area (Å²) in [6.07, 6.45) is 4.82. The lowest BCUT2D eigenvalue weighted by Gasteiger charge is -2.23. The number of aryl methyl sites for hydroxylation is 1. The topological polar surface area (TPSA) is 87.5 Å². The van der Waals surface area contributed by atoms with Crippen LogP contribution in [0.1, 0.15) is 43.0 Å². The van der Waals surface area contributed by atoms with Gasteiger partial charge in [-0.05, 0) is 77.0 Å². The molecule has 4 heterocycles. The zero-order valence-electron chi connectivity index (χ0n) is 19.6. The van der Waals surface area contributed by atoms with E-state index in [1.807, 2.05) is 25.1 Å². The van der Waals surface area contributed by atoms with Crippen LogP contribution in [-0.4, -0.2) is 54.2 Å². The number of ether oxygens (including phenoxy) is 1. The molecule has 2 aliphatic heterocycles. The number of methoxy groups -OCH3 is 1. The molecule has 2 saturated heterocycles. The van der Waals surface area contributed by atoms with Crippen LogP contribution in [0.3, 0.4) is 0 Å². The van der Waals surface area contributed by atoms with Crippen molar-refractivity contribution in [3.05, 3.63) is 41.5 Å². The van der Waals surface area contributed by atoms with E-state index in [0.717, 1.165) is 97.6 Å². The van der Waals surface area contributed by atoms with E-state index >= 15 is 0 Å². The van der Waals surface area contributed by atoms with Crippen LogP contribution in [0.2, 0.25) is 0 Å². The van der Waals surface area contributed by atoms with E-state index in [1.54, 1.807) is 7.11 Å². The molecule has 8 heteroatoms. The van der Waals surface area contributed by atoms with Crippen LogP contribution in [0, 0.1) is 6.92 Å². The van der Waals surface area contributed by atoms with Crippen molar-refractivity contribution in [3.8, 4) is 5.75 Å². The zero-order valence-corrected chi connectivity index (χ0v) is 19.6. The minimum Gasteiger partial charge on any atom is -0.496 e. The van der Waals surface area contributed by atoms with Crippen molar-refractivity contribution in [2.75, 3.05) is 38.6 Å². The highest BCUT2D eigenvalue weighted by molar-refractivity contribution is 5.95. The number of fused-ring (bicyclic) bond motifs is 1. The second-order valence-corrected chi connectivity index (χ2v) is 9.08. The molecule has 3 N–H and O–H groups in total. The summed E-state index contributed by atoms with van der Waals surface area (Å²) in [6.45, 7) is 7.91. The Morgan fingerprint density at radius 2 is 1.97 bits per heavy atom. The third-order valence-corrected chi connectivity index (χ3v) is 6.56. The fourth-order valence-corrected chi connectivity index (χ4v) is 4.86. The lowest BCUT2D eigenvalue weighted by molar-refractivity contribution is 0.302. The first-order valence-electron chi connectivity index (χ1n) is 12.1. The number of likely N-dealkylation sites (tertiary alicyclic amines) is 1. The first-order valence-corrected chi connectivity index (χ1v) is 12.1. The molecule has 0 atom stereocenters. The number of nitrogens with zero attached hydrogens (tertiary/aromatic N) is 3. The Kier molecular flexibility index (Phi) is 6.75. The number of aromatic nitrogens is 2. The minimum absolute atomic E-state index is 0.538. The van der Waals surface area contributed by atoms with E-state index in [-0.39, 0.29) is 0 Å². The van der Waals surface area contributed by atoms with Crippen molar-refractivity contribution in [3.63, 3.8) is 0 Å². The molecule has 0 bridgehead atoms. The molecule has 2 fully saturated rings. The predicted molar refractivity (Wildman–Crippen MR) is 130 cm³/mol. The van der Waals surface area contributed by atoms with Gasteiger partial charge in [-0.2, -0.15) is 0 Å².